The first-order valence-electron chi connectivity index (χ1n) is 10.4. The van der Waals surface area contributed by atoms with Gasteiger partial charge < -0.3 is 20.3 Å². The topological polar surface area (TPSA) is 56.8 Å². The van der Waals surface area contributed by atoms with Crippen molar-refractivity contribution in [2.75, 3.05) is 63.2 Å². The maximum Gasteiger partial charge on any atom is 0.319 e. The van der Waals surface area contributed by atoms with Crippen LogP contribution in [0.25, 0.3) is 0 Å². The van der Waals surface area contributed by atoms with Crippen LogP contribution in [0.3, 0.4) is 0 Å². The molecule has 4 saturated heterocycles. The van der Waals surface area contributed by atoms with E-state index in [0.717, 1.165) is 29.8 Å². The lowest BCUT2D eigenvalue weighted by Gasteiger charge is -2.51. The third-order valence-corrected chi connectivity index (χ3v) is 7.40. The molecule has 154 valence electrons. The van der Waals surface area contributed by atoms with E-state index < -0.39 is 0 Å². The second kappa shape index (κ2) is 9.37. The van der Waals surface area contributed by atoms with Gasteiger partial charge in [0.25, 0.3) is 0 Å². The number of nitrogens with one attached hydrogen (secondary N) is 2. The highest BCUT2D eigenvalue weighted by atomic mass is 32.2. The molecule has 2 amide bonds. The SMILES string of the molecule is COc1ccc(NC(=O)NCC2CC3CCN2CC3CN2CCSCC2)cc1. The number of urea groups is 1. The number of carbonyl (C=O) groups excluding carboxylic acids is 1. The standard InChI is InChI=1S/C21H32N4O2S/c1-27-20-4-2-18(3-5-20)23-21(26)22-13-19-12-16-6-7-25(19)15-17(16)14-24-8-10-28-11-9-24/h2-5,16-17,19H,6-15H2,1H3,(H2,22,23,26). The summed E-state index contributed by atoms with van der Waals surface area (Å²) < 4.78 is 5.15. The summed E-state index contributed by atoms with van der Waals surface area (Å²) in [4.78, 5) is 17.5. The number of amides is 2. The third-order valence-electron chi connectivity index (χ3n) is 6.46. The van der Waals surface area contributed by atoms with Crippen molar-refractivity contribution in [3.05, 3.63) is 24.3 Å². The van der Waals surface area contributed by atoms with Crippen LogP contribution < -0.4 is 15.4 Å². The Kier molecular flexibility index (Phi) is 6.65. The van der Waals surface area contributed by atoms with Crippen LogP contribution >= 0.6 is 11.8 Å². The maximum atomic E-state index is 12.3. The van der Waals surface area contributed by atoms with E-state index in [4.69, 9.17) is 4.74 Å². The molecule has 2 N–H and O–H groups in total. The van der Waals surface area contributed by atoms with Crippen molar-refractivity contribution in [2.24, 2.45) is 11.8 Å². The highest BCUT2D eigenvalue weighted by Crippen LogP contribution is 2.36. The number of thioether (sulfide) groups is 1. The molecule has 2 bridgehead atoms. The number of fused-ring (bicyclic) bond motifs is 3. The zero-order valence-corrected chi connectivity index (χ0v) is 17.5. The summed E-state index contributed by atoms with van der Waals surface area (Å²) >= 11 is 2.08. The second-order valence-electron chi connectivity index (χ2n) is 8.17. The van der Waals surface area contributed by atoms with Gasteiger partial charge in [0.15, 0.2) is 0 Å². The van der Waals surface area contributed by atoms with Crippen LogP contribution in [0.2, 0.25) is 0 Å². The Hall–Kier alpha value is -1.44. The molecule has 4 fully saturated rings. The Balaban J connectivity index is 1.22. The van der Waals surface area contributed by atoms with E-state index in [0.29, 0.717) is 6.04 Å². The Morgan fingerprint density at radius 1 is 1.21 bits per heavy atom. The number of nitrogens with zero attached hydrogens (tertiary/aromatic N) is 2. The molecule has 0 aromatic heterocycles. The smallest absolute Gasteiger partial charge is 0.319 e. The lowest BCUT2D eigenvalue weighted by molar-refractivity contribution is -0.00980. The zero-order chi connectivity index (χ0) is 19.3. The van der Waals surface area contributed by atoms with Crippen LogP contribution in [-0.2, 0) is 0 Å². The molecule has 0 saturated carbocycles. The first-order chi connectivity index (χ1) is 13.7. The summed E-state index contributed by atoms with van der Waals surface area (Å²) in [6.07, 6.45) is 2.54. The number of rotatable bonds is 6. The number of anilines is 1. The highest BCUT2D eigenvalue weighted by Gasteiger charge is 2.40. The predicted octanol–water partition coefficient (Wildman–Crippen LogP) is 2.58. The quantitative estimate of drug-likeness (QED) is 0.763. The molecule has 0 radical (unpaired) electrons. The van der Waals surface area contributed by atoms with Gasteiger partial charge >= 0.3 is 6.03 Å². The van der Waals surface area contributed by atoms with E-state index in [-0.39, 0.29) is 6.03 Å². The van der Waals surface area contributed by atoms with Gasteiger partial charge in [-0.2, -0.15) is 11.8 Å². The minimum absolute atomic E-state index is 0.129. The minimum Gasteiger partial charge on any atom is -0.497 e. The largest absolute Gasteiger partial charge is 0.497 e. The Bertz CT molecular complexity index is 650. The molecule has 4 aliphatic rings. The van der Waals surface area contributed by atoms with Crippen molar-refractivity contribution < 1.29 is 9.53 Å². The fraction of sp³-hybridized carbons (Fsp3) is 0.667. The number of hydrogen-bond donors (Lipinski definition) is 2. The van der Waals surface area contributed by atoms with Gasteiger partial charge in [0.1, 0.15) is 5.75 Å². The van der Waals surface area contributed by atoms with Gasteiger partial charge in [-0.1, -0.05) is 0 Å². The summed E-state index contributed by atoms with van der Waals surface area (Å²) in [5.41, 5.74) is 0.781. The number of piperidine rings is 3. The summed E-state index contributed by atoms with van der Waals surface area (Å²) in [7, 11) is 1.64. The van der Waals surface area contributed by atoms with Gasteiger partial charge in [-0.3, -0.25) is 4.90 Å². The van der Waals surface area contributed by atoms with Crippen LogP contribution in [0, 0.1) is 11.8 Å². The molecule has 1 aromatic carbocycles. The van der Waals surface area contributed by atoms with E-state index >= 15 is 0 Å². The van der Waals surface area contributed by atoms with Crippen molar-refractivity contribution >= 4 is 23.5 Å². The van der Waals surface area contributed by atoms with E-state index in [9.17, 15) is 4.79 Å². The van der Waals surface area contributed by atoms with Crippen LogP contribution in [0.5, 0.6) is 5.75 Å². The van der Waals surface area contributed by atoms with Gasteiger partial charge in [-0.15, -0.1) is 0 Å². The average Bonchev–Trinajstić information content (AvgIpc) is 2.74. The molecular formula is C21H32N4O2S. The molecule has 4 aliphatic heterocycles. The van der Waals surface area contributed by atoms with Crippen LogP contribution in [0.4, 0.5) is 10.5 Å². The second-order valence-corrected chi connectivity index (χ2v) is 9.39. The predicted molar refractivity (Wildman–Crippen MR) is 115 cm³/mol. The minimum atomic E-state index is -0.129. The first-order valence-corrected chi connectivity index (χ1v) is 11.6. The summed E-state index contributed by atoms with van der Waals surface area (Å²) in [5.74, 6) is 4.99. The molecule has 4 heterocycles. The normalized spacial score (nSPS) is 30.0. The Morgan fingerprint density at radius 3 is 2.68 bits per heavy atom. The zero-order valence-electron chi connectivity index (χ0n) is 16.7. The summed E-state index contributed by atoms with van der Waals surface area (Å²) in [6.45, 7) is 6.88. The lowest BCUT2D eigenvalue weighted by Crippen LogP contribution is -2.59. The van der Waals surface area contributed by atoms with Crippen molar-refractivity contribution in [2.45, 2.75) is 18.9 Å². The Labute approximate surface area is 172 Å². The fourth-order valence-corrected chi connectivity index (χ4v) is 5.82. The molecule has 5 rings (SSSR count). The third kappa shape index (κ3) is 4.93. The van der Waals surface area contributed by atoms with Crippen LogP contribution in [0.1, 0.15) is 12.8 Å². The fourth-order valence-electron chi connectivity index (χ4n) is 4.84. The molecule has 7 heteroatoms. The van der Waals surface area contributed by atoms with Crippen LogP contribution in [0.15, 0.2) is 24.3 Å². The number of ether oxygens (including phenoxy) is 1. The molecule has 1 aromatic rings. The molecule has 4 unspecified atom stereocenters. The van der Waals surface area contributed by atoms with E-state index in [1.165, 1.54) is 57.1 Å². The van der Waals surface area contributed by atoms with Gasteiger partial charge in [-0.25, -0.2) is 4.79 Å². The highest BCUT2D eigenvalue weighted by molar-refractivity contribution is 7.99. The van der Waals surface area contributed by atoms with Crippen molar-refractivity contribution in [3.8, 4) is 5.75 Å². The van der Waals surface area contributed by atoms with Gasteiger partial charge in [-0.05, 0) is 55.5 Å². The van der Waals surface area contributed by atoms with Gasteiger partial charge in [0.05, 0.1) is 7.11 Å². The Morgan fingerprint density at radius 2 is 2.00 bits per heavy atom. The van der Waals surface area contributed by atoms with E-state index in [2.05, 4.69) is 32.2 Å². The molecule has 0 aliphatic carbocycles. The molecule has 0 spiro atoms. The number of methoxy groups -OCH3 is 1. The van der Waals surface area contributed by atoms with E-state index in [1.807, 2.05) is 24.3 Å². The average molecular weight is 405 g/mol. The van der Waals surface area contributed by atoms with E-state index in [1.54, 1.807) is 7.11 Å². The van der Waals surface area contributed by atoms with Crippen molar-refractivity contribution in [1.82, 2.24) is 15.1 Å². The molecule has 28 heavy (non-hydrogen) atoms. The molecule has 6 nitrogen and oxygen atoms in total. The first kappa shape index (κ1) is 19.9. The van der Waals surface area contributed by atoms with Crippen molar-refractivity contribution in [1.29, 1.82) is 0 Å². The van der Waals surface area contributed by atoms with Gasteiger partial charge in [0, 0.05) is 56.0 Å². The van der Waals surface area contributed by atoms with Gasteiger partial charge in [0.2, 0.25) is 0 Å². The number of benzene rings is 1. The lowest BCUT2D eigenvalue weighted by atomic mass is 9.75. The number of hydrogen-bond acceptors (Lipinski definition) is 5. The van der Waals surface area contributed by atoms with Crippen molar-refractivity contribution in [3.63, 3.8) is 0 Å². The molecule has 4 atom stereocenters. The monoisotopic (exact) mass is 404 g/mol. The maximum absolute atomic E-state index is 12.3. The van der Waals surface area contributed by atoms with Crippen LogP contribution in [-0.4, -0.2) is 79.8 Å². The number of carbonyl (C=O) groups is 1. The summed E-state index contributed by atoms with van der Waals surface area (Å²) in [6, 6.07) is 7.76. The summed E-state index contributed by atoms with van der Waals surface area (Å²) in [5, 5.41) is 5.98. The molecular weight excluding hydrogens is 372 g/mol.